The van der Waals surface area contributed by atoms with E-state index < -0.39 is 5.60 Å². The molecule has 180 valence electrons. The molecule has 0 bridgehead atoms. The predicted molar refractivity (Wildman–Crippen MR) is 128 cm³/mol. The molecule has 0 saturated carbocycles. The number of hydrogen-bond acceptors (Lipinski definition) is 5. The molecule has 8 nitrogen and oxygen atoms in total. The van der Waals surface area contributed by atoms with E-state index in [1.54, 1.807) is 21.3 Å². The maximum atomic E-state index is 12.3. The van der Waals surface area contributed by atoms with Gasteiger partial charge in [0, 0.05) is 33.2 Å². The van der Waals surface area contributed by atoms with Crippen LogP contribution in [0.1, 0.15) is 45.6 Å². The fourth-order valence-corrected chi connectivity index (χ4v) is 3.77. The van der Waals surface area contributed by atoms with E-state index >= 15 is 0 Å². The third-order valence-corrected chi connectivity index (χ3v) is 5.39. The van der Waals surface area contributed by atoms with Gasteiger partial charge in [-0.1, -0.05) is 6.07 Å². The molecular formula is C24H40N4O4. The summed E-state index contributed by atoms with van der Waals surface area (Å²) >= 11 is 0. The number of nitrogens with one attached hydrogen (secondary N) is 2. The zero-order valence-electron chi connectivity index (χ0n) is 20.5. The topological polar surface area (TPSA) is 84.4 Å². The molecule has 0 aliphatic carbocycles. The van der Waals surface area contributed by atoms with Crippen LogP contribution in [0.4, 0.5) is 4.79 Å². The standard InChI is InChI=1S/C24H40N4O4/c1-24(2,3)32-23(29)28-15-7-8-19(17-28)12-14-27-22(25-4)26-13-11-18-9-10-20(30-5)21(16-18)31-6/h9-10,16,19H,7-8,11-15,17H2,1-6H3,(H2,25,26,27). The molecule has 0 spiro atoms. The molecule has 1 aliphatic rings. The first kappa shape index (κ1) is 25.6. The van der Waals surface area contributed by atoms with Crippen LogP contribution in [0.5, 0.6) is 11.5 Å². The van der Waals surface area contributed by atoms with Gasteiger partial charge in [-0.3, -0.25) is 4.99 Å². The van der Waals surface area contributed by atoms with Crippen LogP contribution in [0, 0.1) is 5.92 Å². The Morgan fingerprint density at radius 2 is 1.88 bits per heavy atom. The number of ether oxygens (including phenoxy) is 3. The van der Waals surface area contributed by atoms with E-state index in [1.165, 1.54) is 0 Å². The van der Waals surface area contributed by atoms with Gasteiger partial charge in [-0.05, 0) is 70.1 Å². The first-order valence-electron chi connectivity index (χ1n) is 11.4. The first-order chi connectivity index (χ1) is 15.3. The zero-order valence-corrected chi connectivity index (χ0v) is 20.5. The molecule has 1 aromatic carbocycles. The molecule has 8 heteroatoms. The summed E-state index contributed by atoms with van der Waals surface area (Å²) in [6.45, 7) is 8.80. The minimum absolute atomic E-state index is 0.206. The monoisotopic (exact) mass is 448 g/mol. The highest BCUT2D eigenvalue weighted by Crippen LogP contribution is 2.27. The average molecular weight is 449 g/mol. The number of amides is 1. The van der Waals surface area contributed by atoms with Gasteiger partial charge >= 0.3 is 6.09 Å². The maximum Gasteiger partial charge on any atom is 0.410 e. The van der Waals surface area contributed by atoms with Crippen LogP contribution in [0.25, 0.3) is 0 Å². The lowest BCUT2D eigenvalue weighted by Crippen LogP contribution is -2.44. The Labute approximate surface area is 192 Å². The fraction of sp³-hybridized carbons (Fsp3) is 0.667. The van der Waals surface area contributed by atoms with Crippen molar-refractivity contribution in [2.24, 2.45) is 10.9 Å². The highest BCUT2D eigenvalue weighted by Gasteiger charge is 2.27. The third-order valence-electron chi connectivity index (χ3n) is 5.39. The summed E-state index contributed by atoms with van der Waals surface area (Å²) in [5.41, 5.74) is 0.704. The number of carbonyl (C=O) groups excluding carboxylic acids is 1. The highest BCUT2D eigenvalue weighted by atomic mass is 16.6. The maximum absolute atomic E-state index is 12.3. The van der Waals surface area contributed by atoms with Gasteiger partial charge in [0.25, 0.3) is 0 Å². The SMILES string of the molecule is CN=C(NCCc1ccc(OC)c(OC)c1)NCCC1CCCN(C(=O)OC(C)(C)C)C1. The molecule has 1 amide bonds. The number of aliphatic imine (C=N–C) groups is 1. The molecule has 0 radical (unpaired) electrons. The summed E-state index contributed by atoms with van der Waals surface area (Å²) in [4.78, 5) is 18.5. The van der Waals surface area contributed by atoms with E-state index in [0.717, 1.165) is 74.9 Å². The molecule has 2 N–H and O–H groups in total. The van der Waals surface area contributed by atoms with Crippen LogP contribution in [-0.4, -0.2) is 70.0 Å². The molecule has 1 unspecified atom stereocenters. The van der Waals surface area contributed by atoms with Crippen LogP contribution in [-0.2, 0) is 11.2 Å². The lowest BCUT2D eigenvalue weighted by molar-refractivity contribution is 0.0162. The Morgan fingerprint density at radius 3 is 2.53 bits per heavy atom. The van der Waals surface area contributed by atoms with Gasteiger partial charge in [-0.15, -0.1) is 0 Å². The number of methoxy groups -OCH3 is 2. The second-order valence-corrected chi connectivity index (χ2v) is 9.09. The van der Waals surface area contributed by atoms with E-state index in [4.69, 9.17) is 14.2 Å². The molecule has 2 rings (SSSR count). The smallest absolute Gasteiger partial charge is 0.410 e. The number of benzene rings is 1. The fourth-order valence-electron chi connectivity index (χ4n) is 3.77. The van der Waals surface area contributed by atoms with E-state index in [1.807, 2.05) is 43.9 Å². The Bertz CT molecular complexity index is 761. The van der Waals surface area contributed by atoms with E-state index in [9.17, 15) is 4.79 Å². The summed E-state index contributed by atoms with van der Waals surface area (Å²) in [5, 5.41) is 6.74. The van der Waals surface area contributed by atoms with Crippen molar-refractivity contribution in [2.75, 3.05) is 47.4 Å². The molecule has 1 fully saturated rings. The van der Waals surface area contributed by atoms with Crippen LogP contribution < -0.4 is 20.1 Å². The van der Waals surface area contributed by atoms with Gasteiger partial charge in [0.05, 0.1) is 14.2 Å². The van der Waals surface area contributed by atoms with Crippen molar-refractivity contribution < 1.29 is 19.0 Å². The molecule has 1 aromatic rings. The van der Waals surface area contributed by atoms with Gasteiger partial charge in [0.1, 0.15) is 5.60 Å². The summed E-state index contributed by atoms with van der Waals surface area (Å²) in [5.74, 6) is 2.72. The first-order valence-corrected chi connectivity index (χ1v) is 11.4. The van der Waals surface area contributed by atoms with E-state index in [2.05, 4.69) is 15.6 Å². The summed E-state index contributed by atoms with van der Waals surface area (Å²) in [7, 11) is 5.05. The highest BCUT2D eigenvalue weighted by molar-refractivity contribution is 5.79. The van der Waals surface area contributed by atoms with Crippen molar-refractivity contribution in [3.63, 3.8) is 0 Å². The van der Waals surface area contributed by atoms with Crippen molar-refractivity contribution in [1.29, 1.82) is 0 Å². The Hall–Kier alpha value is -2.64. The Kier molecular flexibility index (Phi) is 9.94. The lowest BCUT2D eigenvalue weighted by atomic mass is 9.95. The van der Waals surface area contributed by atoms with Gasteiger partial charge < -0.3 is 29.7 Å². The Morgan fingerprint density at radius 1 is 1.16 bits per heavy atom. The molecule has 32 heavy (non-hydrogen) atoms. The van der Waals surface area contributed by atoms with Gasteiger partial charge in [-0.2, -0.15) is 0 Å². The zero-order chi connectivity index (χ0) is 23.6. The van der Waals surface area contributed by atoms with E-state index in [-0.39, 0.29) is 6.09 Å². The van der Waals surface area contributed by atoms with Crippen LogP contribution >= 0.6 is 0 Å². The van der Waals surface area contributed by atoms with Crippen molar-refractivity contribution in [3.8, 4) is 11.5 Å². The molecule has 1 atom stereocenters. The second-order valence-electron chi connectivity index (χ2n) is 9.09. The largest absolute Gasteiger partial charge is 0.493 e. The second kappa shape index (κ2) is 12.4. The number of nitrogens with zero attached hydrogens (tertiary/aromatic N) is 2. The lowest BCUT2D eigenvalue weighted by Gasteiger charge is -2.34. The van der Waals surface area contributed by atoms with Crippen molar-refractivity contribution in [1.82, 2.24) is 15.5 Å². The van der Waals surface area contributed by atoms with Crippen molar-refractivity contribution in [2.45, 2.75) is 52.1 Å². The number of likely N-dealkylation sites (tertiary alicyclic amines) is 1. The van der Waals surface area contributed by atoms with Crippen LogP contribution in [0.2, 0.25) is 0 Å². The van der Waals surface area contributed by atoms with Gasteiger partial charge in [-0.25, -0.2) is 4.79 Å². The third kappa shape index (κ3) is 8.48. The quantitative estimate of drug-likeness (QED) is 0.468. The summed E-state index contributed by atoms with van der Waals surface area (Å²) < 4.78 is 16.2. The van der Waals surface area contributed by atoms with Crippen molar-refractivity contribution >= 4 is 12.1 Å². The number of guanidine groups is 1. The number of hydrogen-bond donors (Lipinski definition) is 2. The van der Waals surface area contributed by atoms with Gasteiger partial charge in [0.15, 0.2) is 17.5 Å². The Balaban J connectivity index is 1.72. The average Bonchev–Trinajstić information content (AvgIpc) is 2.77. The molecule has 0 aromatic heterocycles. The number of carbonyl (C=O) groups is 1. The van der Waals surface area contributed by atoms with E-state index in [0.29, 0.717) is 5.92 Å². The molecule has 1 heterocycles. The number of piperidine rings is 1. The molecule has 1 aliphatic heterocycles. The minimum atomic E-state index is -0.458. The van der Waals surface area contributed by atoms with Gasteiger partial charge in [0.2, 0.25) is 0 Å². The minimum Gasteiger partial charge on any atom is -0.493 e. The van der Waals surface area contributed by atoms with Crippen LogP contribution in [0.15, 0.2) is 23.2 Å². The summed E-state index contributed by atoms with van der Waals surface area (Å²) in [6.07, 6.45) is 3.77. The summed E-state index contributed by atoms with van der Waals surface area (Å²) in [6, 6.07) is 5.96. The number of rotatable bonds is 8. The molecule has 1 saturated heterocycles. The van der Waals surface area contributed by atoms with Crippen LogP contribution in [0.3, 0.4) is 0 Å². The normalized spacial score (nSPS) is 17.0. The predicted octanol–water partition coefficient (Wildman–Crippen LogP) is 3.45. The van der Waals surface area contributed by atoms with Crippen molar-refractivity contribution in [3.05, 3.63) is 23.8 Å². The molecular weight excluding hydrogens is 408 g/mol.